The molecule has 0 fully saturated rings. The number of ether oxygens (including phenoxy) is 1. The number of nitrogens with two attached hydrogens (primary N) is 1. The van der Waals surface area contributed by atoms with Crippen molar-refractivity contribution in [3.05, 3.63) is 11.6 Å². The lowest BCUT2D eigenvalue weighted by Gasteiger charge is -2.01. The molecule has 0 bridgehead atoms. The van der Waals surface area contributed by atoms with E-state index in [4.69, 9.17) is 16.1 Å². The molecule has 0 aromatic heterocycles. The molecule has 0 amide bonds. The quantitative estimate of drug-likeness (QED) is 0.490. The minimum Gasteiger partial charge on any atom is -0.461 e. The average Bonchev–Trinajstić information content (AvgIpc) is 2.15. The van der Waals surface area contributed by atoms with Crippen LogP contribution in [0, 0.1) is 11.3 Å². The second-order valence-electron chi connectivity index (χ2n) is 2.22. The molecule has 5 nitrogen and oxygen atoms in total. The summed E-state index contributed by atoms with van der Waals surface area (Å²) < 4.78 is 4.66. The van der Waals surface area contributed by atoms with Gasteiger partial charge in [0.25, 0.3) is 0 Å². The first-order valence-electron chi connectivity index (χ1n) is 4.09. The van der Waals surface area contributed by atoms with Crippen LogP contribution in [0.4, 0.5) is 0 Å². The van der Waals surface area contributed by atoms with Gasteiger partial charge in [0.1, 0.15) is 6.61 Å². The van der Waals surface area contributed by atoms with Gasteiger partial charge in [0, 0.05) is 19.0 Å². The number of hydrogen-bond acceptors (Lipinski definition) is 5. The number of rotatable bonds is 4. The van der Waals surface area contributed by atoms with Gasteiger partial charge in [-0.05, 0) is 13.0 Å². The summed E-state index contributed by atoms with van der Waals surface area (Å²) in [6, 6.07) is 1.75. The first kappa shape index (κ1) is 15.1. The molecule has 14 heavy (non-hydrogen) atoms. The highest BCUT2D eigenvalue weighted by Gasteiger charge is 2.02. The Morgan fingerprint density at radius 2 is 2.21 bits per heavy atom. The Morgan fingerprint density at radius 1 is 1.71 bits per heavy atom. The molecule has 0 aliphatic carbocycles. The number of aliphatic hydroxyl groups excluding tert-OH is 1. The van der Waals surface area contributed by atoms with Crippen LogP contribution in [0.3, 0.4) is 0 Å². The van der Waals surface area contributed by atoms with Crippen LogP contribution in [0.2, 0.25) is 0 Å². The fourth-order valence-electron chi connectivity index (χ4n) is 0.486. The second kappa shape index (κ2) is 11.6. The molecule has 0 aromatic rings. The van der Waals surface area contributed by atoms with E-state index in [1.165, 1.54) is 13.0 Å². The highest BCUT2D eigenvalue weighted by atomic mass is 16.5. The SMILES string of the molecule is CC#N.CC(=CCO)C(=O)OCCN. The Morgan fingerprint density at radius 3 is 2.57 bits per heavy atom. The van der Waals surface area contributed by atoms with Crippen LogP contribution in [-0.2, 0) is 9.53 Å². The first-order chi connectivity index (χ1) is 6.63. The third-order valence-electron chi connectivity index (χ3n) is 1.07. The van der Waals surface area contributed by atoms with E-state index in [9.17, 15) is 4.79 Å². The minimum atomic E-state index is -0.426. The summed E-state index contributed by atoms with van der Waals surface area (Å²) in [5, 5.41) is 15.7. The zero-order valence-corrected chi connectivity index (χ0v) is 8.49. The third kappa shape index (κ3) is 10.6. The van der Waals surface area contributed by atoms with E-state index in [1.54, 1.807) is 13.0 Å². The highest BCUT2D eigenvalue weighted by molar-refractivity contribution is 5.87. The number of nitriles is 1. The zero-order chi connectivity index (χ0) is 11.4. The van der Waals surface area contributed by atoms with E-state index >= 15 is 0 Å². The molecule has 3 N–H and O–H groups in total. The monoisotopic (exact) mass is 200 g/mol. The minimum absolute atomic E-state index is 0.149. The predicted octanol–water partition coefficient (Wildman–Crippen LogP) is -0.0432. The normalized spacial score (nSPS) is 9.50. The lowest BCUT2D eigenvalue weighted by molar-refractivity contribution is -0.138. The molecule has 0 aromatic carbocycles. The molecular weight excluding hydrogens is 184 g/mol. The molecule has 0 aliphatic heterocycles. The number of carbonyl (C=O) groups excluding carboxylic acids is 1. The van der Waals surface area contributed by atoms with Crippen molar-refractivity contribution in [2.75, 3.05) is 19.8 Å². The topological polar surface area (TPSA) is 96.3 Å². The van der Waals surface area contributed by atoms with Gasteiger partial charge in [-0.15, -0.1) is 0 Å². The third-order valence-corrected chi connectivity index (χ3v) is 1.07. The van der Waals surface area contributed by atoms with Crippen LogP contribution in [-0.4, -0.2) is 30.8 Å². The number of aliphatic hydroxyl groups is 1. The highest BCUT2D eigenvalue weighted by Crippen LogP contribution is 1.94. The smallest absolute Gasteiger partial charge is 0.333 e. The van der Waals surface area contributed by atoms with Gasteiger partial charge >= 0.3 is 5.97 Å². The lowest BCUT2D eigenvalue weighted by atomic mass is 10.3. The molecule has 0 radical (unpaired) electrons. The fraction of sp³-hybridized carbons (Fsp3) is 0.556. The second-order valence-corrected chi connectivity index (χ2v) is 2.22. The molecule has 0 rings (SSSR count). The lowest BCUT2D eigenvalue weighted by Crippen LogP contribution is -2.14. The van der Waals surface area contributed by atoms with Crippen molar-refractivity contribution < 1.29 is 14.6 Å². The largest absolute Gasteiger partial charge is 0.461 e. The van der Waals surface area contributed by atoms with Gasteiger partial charge in [-0.1, -0.05) is 0 Å². The first-order valence-corrected chi connectivity index (χ1v) is 4.09. The van der Waals surface area contributed by atoms with Crippen molar-refractivity contribution >= 4 is 5.97 Å². The zero-order valence-electron chi connectivity index (χ0n) is 8.49. The van der Waals surface area contributed by atoms with E-state index in [0.29, 0.717) is 12.1 Å². The van der Waals surface area contributed by atoms with Gasteiger partial charge < -0.3 is 15.6 Å². The predicted molar refractivity (Wildman–Crippen MR) is 52.1 cm³/mol. The van der Waals surface area contributed by atoms with Gasteiger partial charge in [-0.2, -0.15) is 5.26 Å². The Balaban J connectivity index is 0. The number of nitrogens with zero attached hydrogens (tertiary/aromatic N) is 1. The number of carbonyl (C=O) groups is 1. The Labute approximate surface area is 83.8 Å². The van der Waals surface area contributed by atoms with Crippen LogP contribution in [0.5, 0.6) is 0 Å². The fourth-order valence-corrected chi connectivity index (χ4v) is 0.486. The van der Waals surface area contributed by atoms with Crippen LogP contribution < -0.4 is 5.73 Å². The van der Waals surface area contributed by atoms with Crippen LogP contribution in [0.15, 0.2) is 11.6 Å². The maximum absolute atomic E-state index is 10.8. The van der Waals surface area contributed by atoms with Crippen molar-refractivity contribution in [1.82, 2.24) is 0 Å². The molecular formula is C9H16N2O3. The van der Waals surface area contributed by atoms with Crippen molar-refractivity contribution in [3.63, 3.8) is 0 Å². The summed E-state index contributed by atoms with van der Waals surface area (Å²) in [7, 11) is 0. The molecule has 0 saturated heterocycles. The number of hydrogen-bond donors (Lipinski definition) is 2. The van der Waals surface area contributed by atoms with Crippen LogP contribution in [0.25, 0.3) is 0 Å². The van der Waals surface area contributed by atoms with Gasteiger partial charge in [0.05, 0.1) is 12.7 Å². The van der Waals surface area contributed by atoms with Crippen LogP contribution in [0.1, 0.15) is 13.8 Å². The van der Waals surface area contributed by atoms with E-state index < -0.39 is 5.97 Å². The summed E-state index contributed by atoms with van der Waals surface area (Å²) >= 11 is 0. The van der Waals surface area contributed by atoms with E-state index in [1.807, 2.05) is 0 Å². The molecule has 0 unspecified atom stereocenters. The van der Waals surface area contributed by atoms with Crippen LogP contribution >= 0.6 is 0 Å². The van der Waals surface area contributed by atoms with Gasteiger partial charge in [-0.25, -0.2) is 4.79 Å². The van der Waals surface area contributed by atoms with Gasteiger partial charge in [0.2, 0.25) is 0 Å². The molecule has 5 heteroatoms. The van der Waals surface area contributed by atoms with Crippen molar-refractivity contribution in [1.29, 1.82) is 5.26 Å². The maximum Gasteiger partial charge on any atom is 0.333 e. The maximum atomic E-state index is 10.8. The average molecular weight is 200 g/mol. The Kier molecular flexibility index (Phi) is 12.5. The number of esters is 1. The summed E-state index contributed by atoms with van der Waals surface area (Å²) in [5.74, 6) is -0.426. The molecule has 0 heterocycles. The molecule has 0 spiro atoms. The van der Waals surface area contributed by atoms with E-state index in [0.717, 1.165) is 0 Å². The Hall–Kier alpha value is -1.38. The summed E-state index contributed by atoms with van der Waals surface area (Å²) in [6.45, 7) is 3.40. The molecule has 80 valence electrons. The molecule has 0 atom stereocenters. The van der Waals surface area contributed by atoms with E-state index in [2.05, 4.69) is 4.74 Å². The van der Waals surface area contributed by atoms with Crippen molar-refractivity contribution in [3.8, 4) is 6.07 Å². The van der Waals surface area contributed by atoms with Crippen molar-refractivity contribution in [2.45, 2.75) is 13.8 Å². The van der Waals surface area contributed by atoms with Crippen molar-refractivity contribution in [2.24, 2.45) is 5.73 Å². The Bertz CT molecular complexity index is 219. The van der Waals surface area contributed by atoms with Gasteiger partial charge in [0.15, 0.2) is 0 Å². The summed E-state index contributed by atoms with van der Waals surface area (Å²) in [6.07, 6.45) is 1.39. The summed E-state index contributed by atoms with van der Waals surface area (Å²) in [4.78, 5) is 10.8. The molecule has 0 saturated carbocycles. The standard InChI is InChI=1S/C7H13NO3.C2H3N/c1-6(2-4-9)7(10)11-5-3-8;1-2-3/h2,9H,3-5,8H2,1H3;1H3. The van der Waals surface area contributed by atoms with Gasteiger partial charge in [-0.3, -0.25) is 0 Å². The molecule has 0 aliphatic rings. The summed E-state index contributed by atoms with van der Waals surface area (Å²) in [5.41, 5.74) is 5.51. The van der Waals surface area contributed by atoms with E-state index in [-0.39, 0.29) is 13.2 Å².